The van der Waals surface area contributed by atoms with Crippen LogP contribution in [0.25, 0.3) is 11.8 Å². The van der Waals surface area contributed by atoms with Crippen LogP contribution < -0.4 is 10.2 Å². The van der Waals surface area contributed by atoms with Crippen LogP contribution in [0, 0.1) is 31.6 Å². The molecule has 4 amide bonds. The topological polar surface area (TPSA) is 71.4 Å². The highest BCUT2D eigenvalue weighted by molar-refractivity contribution is 6.46. The standard InChI is InChI=1S/C33H31Cl2N3O3/c1-18-10-23(14-26-30(39)36-32(41)38(31(26)40)28-5-3-4-27(34)29(28)35)19(2)37(18)25-8-6-24(7-9-25)33-15-20-11-21(16-33)13-22(12-20)17-33/h3-10,14,20-22H,11-13,15-17H2,1-2H3,(H,36,39,41)/b26-14+. The maximum absolute atomic E-state index is 13.5. The molecule has 4 aliphatic carbocycles. The normalized spacial score (nSPS) is 28.1. The number of amides is 4. The van der Waals surface area contributed by atoms with Gasteiger partial charge in [0.25, 0.3) is 11.8 Å². The van der Waals surface area contributed by atoms with Gasteiger partial charge in [-0.3, -0.25) is 14.9 Å². The quantitative estimate of drug-likeness (QED) is 0.253. The largest absolute Gasteiger partial charge is 0.336 e. The van der Waals surface area contributed by atoms with Gasteiger partial charge < -0.3 is 4.57 Å². The van der Waals surface area contributed by atoms with Gasteiger partial charge in [0.2, 0.25) is 0 Å². The van der Waals surface area contributed by atoms with Crippen LogP contribution in [0.5, 0.6) is 0 Å². The number of aryl methyl sites for hydroxylation is 1. The molecule has 0 unspecified atom stereocenters. The molecule has 3 aromatic rings. The highest BCUT2D eigenvalue weighted by Gasteiger charge is 2.51. The van der Waals surface area contributed by atoms with Crippen LogP contribution in [0.2, 0.25) is 10.0 Å². The van der Waals surface area contributed by atoms with Crippen molar-refractivity contribution in [1.82, 2.24) is 9.88 Å². The molecule has 6 nitrogen and oxygen atoms in total. The number of nitrogens with one attached hydrogen (secondary N) is 1. The summed E-state index contributed by atoms with van der Waals surface area (Å²) in [5, 5.41) is 2.51. The summed E-state index contributed by atoms with van der Waals surface area (Å²) >= 11 is 12.4. The van der Waals surface area contributed by atoms with E-state index in [1.54, 1.807) is 12.1 Å². The number of hydrogen-bond donors (Lipinski definition) is 1. The Kier molecular flexibility index (Phi) is 6.22. The van der Waals surface area contributed by atoms with Crippen LogP contribution in [0.15, 0.2) is 54.1 Å². The second kappa shape index (κ2) is 9.60. The summed E-state index contributed by atoms with van der Waals surface area (Å²) in [6.45, 7) is 3.97. The number of aromatic nitrogens is 1. The minimum atomic E-state index is -0.870. The Hall–Kier alpha value is -3.35. The van der Waals surface area contributed by atoms with E-state index in [-0.39, 0.29) is 21.3 Å². The summed E-state index contributed by atoms with van der Waals surface area (Å²) in [6.07, 6.45) is 9.80. The molecule has 1 saturated heterocycles. The van der Waals surface area contributed by atoms with E-state index in [0.717, 1.165) is 45.3 Å². The molecule has 1 N–H and O–H groups in total. The molecule has 8 heteroatoms. The first-order valence-corrected chi connectivity index (χ1v) is 15.0. The van der Waals surface area contributed by atoms with E-state index in [0.29, 0.717) is 5.41 Å². The summed E-state index contributed by atoms with van der Waals surface area (Å²) in [6, 6.07) is 14.8. The summed E-state index contributed by atoms with van der Waals surface area (Å²) in [5.74, 6) is 1.18. The predicted octanol–water partition coefficient (Wildman–Crippen LogP) is 7.54. The molecular formula is C33H31Cl2N3O3. The van der Waals surface area contributed by atoms with Crippen molar-refractivity contribution in [2.45, 2.75) is 57.8 Å². The summed E-state index contributed by atoms with van der Waals surface area (Å²) in [7, 11) is 0. The number of urea groups is 1. The smallest absolute Gasteiger partial charge is 0.318 e. The Morgan fingerprint density at radius 3 is 2.17 bits per heavy atom. The Morgan fingerprint density at radius 1 is 0.902 bits per heavy atom. The third-order valence-electron chi connectivity index (χ3n) is 9.82. The fourth-order valence-corrected chi connectivity index (χ4v) is 8.84. The van der Waals surface area contributed by atoms with E-state index < -0.39 is 17.8 Å². The molecule has 0 atom stereocenters. The van der Waals surface area contributed by atoms with Gasteiger partial charge in [-0.15, -0.1) is 0 Å². The first kappa shape index (κ1) is 26.5. The van der Waals surface area contributed by atoms with E-state index in [1.165, 1.54) is 56.2 Å². The lowest BCUT2D eigenvalue weighted by atomic mass is 9.48. The van der Waals surface area contributed by atoms with E-state index in [9.17, 15) is 14.4 Å². The fourth-order valence-electron chi connectivity index (χ4n) is 8.46. The van der Waals surface area contributed by atoms with E-state index >= 15 is 0 Å². The number of rotatable bonds is 4. The molecule has 5 fully saturated rings. The van der Waals surface area contributed by atoms with Crippen molar-refractivity contribution in [1.29, 1.82) is 0 Å². The molecule has 2 heterocycles. The molecule has 41 heavy (non-hydrogen) atoms. The number of carbonyl (C=O) groups excluding carboxylic acids is 3. The average Bonchev–Trinajstić information content (AvgIpc) is 3.20. The number of imide groups is 2. The molecule has 1 aliphatic heterocycles. The molecule has 0 radical (unpaired) electrons. The monoisotopic (exact) mass is 587 g/mol. The van der Waals surface area contributed by atoms with Gasteiger partial charge in [0, 0.05) is 17.1 Å². The van der Waals surface area contributed by atoms with Crippen molar-refractivity contribution < 1.29 is 14.4 Å². The highest BCUT2D eigenvalue weighted by atomic mass is 35.5. The van der Waals surface area contributed by atoms with Gasteiger partial charge in [0.15, 0.2) is 0 Å². The van der Waals surface area contributed by atoms with Gasteiger partial charge in [-0.1, -0.05) is 41.4 Å². The molecule has 5 aliphatic rings. The van der Waals surface area contributed by atoms with Crippen molar-refractivity contribution >= 4 is 52.8 Å². The summed E-state index contributed by atoms with van der Waals surface area (Å²) < 4.78 is 2.14. The second-order valence-corrected chi connectivity index (χ2v) is 13.2. The molecule has 1 aromatic heterocycles. The maximum Gasteiger partial charge on any atom is 0.336 e. The van der Waals surface area contributed by atoms with Crippen molar-refractivity contribution in [2.24, 2.45) is 17.8 Å². The number of hydrogen-bond acceptors (Lipinski definition) is 3. The van der Waals surface area contributed by atoms with E-state index in [4.69, 9.17) is 23.2 Å². The van der Waals surface area contributed by atoms with Crippen LogP contribution in [-0.2, 0) is 15.0 Å². The summed E-state index contributed by atoms with van der Waals surface area (Å²) in [5.41, 5.74) is 5.40. The van der Waals surface area contributed by atoms with Crippen molar-refractivity contribution in [3.05, 3.63) is 86.7 Å². The van der Waals surface area contributed by atoms with Crippen LogP contribution in [0.1, 0.15) is 61.0 Å². The highest BCUT2D eigenvalue weighted by Crippen LogP contribution is 2.60. The van der Waals surface area contributed by atoms with Crippen LogP contribution in [-0.4, -0.2) is 22.4 Å². The summed E-state index contributed by atoms with van der Waals surface area (Å²) in [4.78, 5) is 39.8. The predicted molar refractivity (Wildman–Crippen MR) is 161 cm³/mol. The Bertz CT molecular complexity index is 1620. The van der Waals surface area contributed by atoms with Crippen LogP contribution >= 0.6 is 23.2 Å². The van der Waals surface area contributed by atoms with Crippen molar-refractivity contribution in [3.63, 3.8) is 0 Å². The lowest BCUT2D eigenvalue weighted by Gasteiger charge is -2.57. The van der Waals surface area contributed by atoms with E-state index in [1.807, 2.05) is 19.9 Å². The van der Waals surface area contributed by atoms with Gasteiger partial charge >= 0.3 is 6.03 Å². The zero-order valence-electron chi connectivity index (χ0n) is 23.0. The first-order valence-electron chi connectivity index (χ1n) is 14.3. The number of anilines is 1. The molecule has 0 spiro atoms. The SMILES string of the molecule is Cc1cc(/C=C2\C(=O)NC(=O)N(c3cccc(Cl)c3Cl)C2=O)c(C)n1-c1ccc(C23CC4CC(CC(C4)C2)C3)cc1. The fraction of sp³-hybridized carbons (Fsp3) is 0.364. The number of benzene rings is 2. The number of barbiturate groups is 1. The van der Waals surface area contributed by atoms with Gasteiger partial charge in [-0.2, -0.15) is 0 Å². The zero-order chi connectivity index (χ0) is 28.6. The molecule has 8 rings (SSSR count). The minimum absolute atomic E-state index is 0.0570. The Labute approximate surface area is 249 Å². The maximum atomic E-state index is 13.5. The Morgan fingerprint density at radius 2 is 1.54 bits per heavy atom. The van der Waals surface area contributed by atoms with Gasteiger partial charge in [-0.05, 0) is 123 Å². The van der Waals surface area contributed by atoms with Crippen molar-refractivity contribution in [3.8, 4) is 5.69 Å². The van der Waals surface area contributed by atoms with Crippen LogP contribution in [0.3, 0.4) is 0 Å². The zero-order valence-corrected chi connectivity index (χ0v) is 24.6. The van der Waals surface area contributed by atoms with Crippen molar-refractivity contribution in [2.75, 3.05) is 4.90 Å². The molecule has 4 saturated carbocycles. The third-order valence-corrected chi connectivity index (χ3v) is 10.6. The van der Waals surface area contributed by atoms with Gasteiger partial charge in [0.05, 0.1) is 15.7 Å². The van der Waals surface area contributed by atoms with Gasteiger partial charge in [0.1, 0.15) is 5.57 Å². The minimum Gasteiger partial charge on any atom is -0.318 e. The van der Waals surface area contributed by atoms with Gasteiger partial charge in [-0.25, -0.2) is 9.69 Å². The molecular weight excluding hydrogens is 557 g/mol. The first-order chi connectivity index (χ1) is 19.6. The lowest BCUT2D eigenvalue weighted by molar-refractivity contribution is -0.122. The number of nitrogens with zero attached hydrogens (tertiary/aromatic N) is 2. The molecule has 2 aromatic carbocycles. The molecule has 4 bridgehead atoms. The second-order valence-electron chi connectivity index (χ2n) is 12.4. The Balaban J connectivity index is 1.20. The number of halogens is 2. The lowest BCUT2D eigenvalue weighted by Crippen LogP contribution is -2.54. The third kappa shape index (κ3) is 4.26. The number of carbonyl (C=O) groups is 3. The van der Waals surface area contributed by atoms with Crippen LogP contribution in [0.4, 0.5) is 10.5 Å². The molecule has 210 valence electrons. The van der Waals surface area contributed by atoms with E-state index in [2.05, 4.69) is 34.1 Å². The average molecular weight is 589 g/mol.